The minimum atomic E-state index is -0.565. The van der Waals surface area contributed by atoms with Gasteiger partial charge in [0.2, 0.25) is 0 Å². The van der Waals surface area contributed by atoms with Gasteiger partial charge >= 0.3 is 0 Å². The highest BCUT2D eigenvalue weighted by atomic mass is 16.3. The standard InChI is InChI=1S/C4H10NO/c1-3-4(6)5-2/h4-5H,3H2,1-2H3. The summed E-state index contributed by atoms with van der Waals surface area (Å²) in [6, 6.07) is 0. The molecule has 6 heavy (non-hydrogen) atoms. The van der Waals surface area contributed by atoms with Crippen LogP contribution in [-0.4, -0.2) is 13.3 Å². The Morgan fingerprint density at radius 3 is 2.33 bits per heavy atom. The molecule has 0 amide bonds. The molecule has 0 saturated carbocycles. The van der Waals surface area contributed by atoms with Crippen LogP contribution in [0.5, 0.6) is 0 Å². The van der Waals surface area contributed by atoms with Crippen LogP contribution in [0.2, 0.25) is 0 Å². The van der Waals surface area contributed by atoms with Crippen LogP contribution in [0.4, 0.5) is 0 Å². The third-order valence-electron chi connectivity index (χ3n) is 0.693. The molecule has 1 N–H and O–H groups in total. The van der Waals surface area contributed by atoms with Crippen molar-refractivity contribution in [3.63, 3.8) is 0 Å². The van der Waals surface area contributed by atoms with Gasteiger partial charge in [0.05, 0.1) is 0 Å². The quantitative estimate of drug-likeness (QED) is 0.486. The van der Waals surface area contributed by atoms with E-state index in [0.717, 1.165) is 0 Å². The van der Waals surface area contributed by atoms with E-state index < -0.39 is 6.23 Å². The highest BCUT2D eigenvalue weighted by Gasteiger charge is 1.91. The number of rotatable bonds is 2. The Labute approximate surface area is 38.2 Å². The van der Waals surface area contributed by atoms with Crippen LogP contribution in [-0.2, 0) is 5.11 Å². The minimum absolute atomic E-state index is 0.565. The summed E-state index contributed by atoms with van der Waals surface area (Å²) in [5.74, 6) is 0. The van der Waals surface area contributed by atoms with Gasteiger partial charge in [0.1, 0.15) is 6.23 Å². The van der Waals surface area contributed by atoms with Gasteiger partial charge in [-0.2, -0.15) is 0 Å². The average molecular weight is 88.1 g/mol. The highest BCUT2D eigenvalue weighted by molar-refractivity contribution is 4.38. The molecule has 0 aromatic heterocycles. The largest absolute Gasteiger partial charge is 0.293 e. The minimum Gasteiger partial charge on any atom is -0.293 e. The monoisotopic (exact) mass is 88.1 g/mol. The van der Waals surface area contributed by atoms with Crippen molar-refractivity contribution in [3.8, 4) is 0 Å². The predicted molar refractivity (Wildman–Crippen MR) is 23.8 cm³/mol. The first kappa shape index (κ1) is 5.92. The Bertz CT molecular complexity index is 26.7. The normalized spacial score (nSPS) is 14.5. The summed E-state index contributed by atoms with van der Waals surface area (Å²) in [4.78, 5) is 0. The van der Waals surface area contributed by atoms with Crippen molar-refractivity contribution < 1.29 is 5.11 Å². The van der Waals surface area contributed by atoms with Gasteiger partial charge in [0, 0.05) is 0 Å². The molecule has 0 aromatic carbocycles. The second kappa shape index (κ2) is 3.12. The van der Waals surface area contributed by atoms with Crippen molar-refractivity contribution >= 4 is 0 Å². The maximum Gasteiger partial charge on any atom is 0.143 e. The van der Waals surface area contributed by atoms with Crippen LogP contribution in [0.3, 0.4) is 0 Å². The second-order valence-electron chi connectivity index (χ2n) is 1.19. The van der Waals surface area contributed by atoms with Crippen molar-refractivity contribution in [2.24, 2.45) is 0 Å². The fourth-order valence-corrected chi connectivity index (χ4v) is 0.204. The van der Waals surface area contributed by atoms with Crippen LogP contribution in [0.15, 0.2) is 0 Å². The van der Waals surface area contributed by atoms with Crippen molar-refractivity contribution in [1.82, 2.24) is 5.32 Å². The summed E-state index contributed by atoms with van der Waals surface area (Å²) in [5, 5.41) is 12.7. The summed E-state index contributed by atoms with van der Waals surface area (Å²) < 4.78 is 0. The molecule has 0 aliphatic rings. The number of nitrogens with one attached hydrogen (secondary N) is 1. The summed E-state index contributed by atoms with van der Waals surface area (Å²) in [7, 11) is 1.67. The summed E-state index contributed by atoms with van der Waals surface area (Å²) in [5.41, 5.74) is 0. The van der Waals surface area contributed by atoms with Crippen LogP contribution >= 0.6 is 0 Å². The van der Waals surface area contributed by atoms with E-state index in [0.29, 0.717) is 6.42 Å². The molecule has 0 heterocycles. The lowest BCUT2D eigenvalue weighted by Gasteiger charge is -1.97. The zero-order valence-corrected chi connectivity index (χ0v) is 4.19. The first-order chi connectivity index (χ1) is 2.81. The van der Waals surface area contributed by atoms with E-state index in [1.807, 2.05) is 6.92 Å². The molecule has 0 spiro atoms. The molecule has 0 aliphatic heterocycles. The molecular formula is C4H10NO. The van der Waals surface area contributed by atoms with Crippen LogP contribution in [0.1, 0.15) is 13.3 Å². The molecule has 1 unspecified atom stereocenters. The van der Waals surface area contributed by atoms with Gasteiger partial charge in [-0.15, -0.1) is 0 Å². The van der Waals surface area contributed by atoms with Gasteiger partial charge in [0.25, 0.3) is 0 Å². The lowest BCUT2D eigenvalue weighted by atomic mass is 10.4. The summed E-state index contributed by atoms with van der Waals surface area (Å²) in [6.07, 6.45) is 0.0984. The third kappa shape index (κ3) is 2.18. The molecular weight excluding hydrogens is 78.0 g/mol. The summed E-state index contributed by atoms with van der Waals surface area (Å²) >= 11 is 0. The van der Waals surface area contributed by atoms with E-state index in [4.69, 9.17) is 0 Å². The van der Waals surface area contributed by atoms with Gasteiger partial charge in [0.15, 0.2) is 0 Å². The Morgan fingerprint density at radius 2 is 2.33 bits per heavy atom. The van der Waals surface area contributed by atoms with E-state index in [1.165, 1.54) is 0 Å². The molecule has 37 valence electrons. The maximum absolute atomic E-state index is 10.2. The molecule has 1 atom stereocenters. The lowest BCUT2D eigenvalue weighted by molar-refractivity contribution is 0.0629. The first-order valence-electron chi connectivity index (χ1n) is 2.14. The van der Waals surface area contributed by atoms with Crippen LogP contribution in [0, 0.1) is 0 Å². The lowest BCUT2D eigenvalue weighted by Crippen LogP contribution is -2.21. The Kier molecular flexibility index (Phi) is 3.08. The molecule has 0 rings (SSSR count). The van der Waals surface area contributed by atoms with Crippen molar-refractivity contribution in [2.75, 3.05) is 7.05 Å². The molecule has 0 aromatic rings. The molecule has 2 nitrogen and oxygen atoms in total. The number of hydrogen-bond acceptors (Lipinski definition) is 1. The van der Waals surface area contributed by atoms with Gasteiger partial charge in [-0.05, 0) is 13.5 Å². The zero-order chi connectivity index (χ0) is 4.99. The van der Waals surface area contributed by atoms with E-state index in [1.54, 1.807) is 7.05 Å². The van der Waals surface area contributed by atoms with Gasteiger partial charge < -0.3 is 0 Å². The first-order valence-corrected chi connectivity index (χ1v) is 2.14. The maximum atomic E-state index is 10.2. The summed E-state index contributed by atoms with van der Waals surface area (Å²) in [6.45, 7) is 1.86. The number of hydrogen-bond donors (Lipinski definition) is 1. The topological polar surface area (TPSA) is 31.9 Å². The van der Waals surface area contributed by atoms with E-state index in [2.05, 4.69) is 5.32 Å². The predicted octanol–water partition coefficient (Wildman–Crippen LogP) is 0.372. The van der Waals surface area contributed by atoms with Crippen molar-refractivity contribution in [1.29, 1.82) is 0 Å². The third-order valence-corrected chi connectivity index (χ3v) is 0.693. The molecule has 0 saturated heterocycles. The smallest absolute Gasteiger partial charge is 0.143 e. The van der Waals surface area contributed by atoms with Crippen LogP contribution in [0.25, 0.3) is 0 Å². The van der Waals surface area contributed by atoms with Crippen LogP contribution < -0.4 is 5.32 Å². The molecule has 2 heteroatoms. The van der Waals surface area contributed by atoms with E-state index in [-0.39, 0.29) is 0 Å². The molecule has 1 radical (unpaired) electrons. The Hall–Kier alpha value is -0.0800. The SMILES string of the molecule is CCC([O])NC. The van der Waals surface area contributed by atoms with E-state index in [9.17, 15) is 5.11 Å². The Morgan fingerprint density at radius 1 is 1.83 bits per heavy atom. The molecule has 0 bridgehead atoms. The van der Waals surface area contributed by atoms with Gasteiger partial charge in [-0.25, -0.2) is 5.11 Å². The highest BCUT2D eigenvalue weighted by Crippen LogP contribution is 1.79. The van der Waals surface area contributed by atoms with Crippen molar-refractivity contribution in [3.05, 3.63) is 0 Å². The average Bonchev–Trinajstić information content (AvgIpc) is 1.65. The fraction of sp³-hybridized carbons (Fsp3) is 1.00. The molecule has 0 fully saturated rings. The second-order valence-corrected chi connectivity index (χ2v) is 1.19. The zero-order valence-electron chi connectivity index (χ0n) is 4.19. The van der Waals surface area contributed by atoms with Gasteiger partial charge in [-0.1, -0.05) is 6.92 Å². The van der Waals surface area contributed by atoms with E-state index >= 15 is 0 Å². The van der Waals surface area contributed by atoms with Gasteiger partial charge in [-0.3, -0.25) is 5.32 Å². The molecule has 0 aliphatic carbocycles. The van der Waals surface area contributed by atoms with Crippen molar-refractivity contribution in [2.45, 2.75) is 19.6 Å². The fourth-order valence-electron chi connectivity index (χ4n) is 0.204. The Balaban J connectivity index is 2.75.